The Kier molecular flexibility index (Phi) is 5.71. The van der Waals surface area contributed by atoms with Crippen LogP contribution in [0.3, 0.4) is 0 Å². The summed E-state index contributed by atoms with van der Waals surface area (Å²) in [4.78, 5) is 4.38. The second kappa shape index (κ2) is 8.44. The second-order valence-corrected chi connectivity index (χ2v) is 8.90. The quantitative estimate of drug-likeness (QED) is 0.392. The summed E-state index contributed by atoms with van der Waals surface area (Å²) in [6.07, 6.45) is 0. The van der Waals surface area contributed by atoms with Crippen molar-refractivity contribution >= 4 is 21.4 Å². The lowest BCUT2D eigenvalue weighted by Gasteiger charge is -2.09. The first-order chi connectivity index (χ1) is 14.9. The minimum Gasteiger partial charge on any atom is -0.493 e. The lowest BCUT2D eigenvalue weighted by Crippen LogP contribution is -2.05. The molecule has 8 nitrogen and oxygen atoms in total. The zero-order chi connectivity index (χ0) is 22.0. The number of rotatable bonds is 7. The topological polar surface area (TPSA) is 105 Å². The predicted molar refractivity (Wildman–Crippen MR) is 113 cm³/mol. The number of ether oxygens (including phenoxy) is 2. The number of hydrogen-bond donors (Lipinski definition) is 0. The van der Waals surface area contributed by atoms with Crippen molar-refractivity contribution in [2.75, 3.05) is 14.2 Å². The summed E-state index contributed by atoms with van der Waals surface area (Å²) in [6.45, 7) is 0. The first-order valence-corrected chi connectivity index (χ1v) is 11.1. The number of sulfone groups is 1. The van der Waals surface area contributed by atoms with Gasteiger partial charge in [0.2, 0.25) is 5.82 Å². The number of aromatic nitrogens is 2. The molecule has 2 heterocycles. The van der Waals surface area contributed by atoms with E-state index in [9.17, 15) is 8.42 Å². The highest BCUT2D eigenvalue weighted by Gasteiger charge is 2.21. The molecule has 31 heavy (non-hydrogen) atoms. The number of nitrogens with zero attached hydrogens (tertiary/aromatic N) is 2. The molecule has 0 aliphatic rings. The van der Waals surface area contributed by atoms with Crippen LogP contribution in [0, 0.1) is 0 Å². The van der Waals surface area contributed by atoms with Gasteiger partial charge in [-0.2, -0.15) is 4.98 Å². The fourth-order valence-corrected chi connectivity index (χ4v) is 4.28. The van der Waals surface area contributed by atoms with Gasteiger partial charge in [-0.1, -0.05) is 16.8 Å². The molecule has 0 bridgehead atoms. The van der Waals surface area contributed by atoms with E-state index in [1.54, 1.807) is 36.4 Å². The van der Waals surface area contributed by atoms with Crippen molar-refractivity contribution in [2.24, 2.45) is 0 Å². The number of hydrogen-bond acceptors (Lipinski definition) is 8. The number of benzene rings is 2. The summed E-state index contributed by atoms with van der Waals surface area (Å²) in [6, 6.07) is 14.5. The fourth-order valence-electron chi connectivity index (χ4n) is 2.89. The van der Waals surface area contributed by atoms with Crippen LogP contribution in [-0.2, 0) is 15.6 Å². The third kappa shape index (κ3) is 4.42. The first kappa shape index (κ1) is 21.0. The van der Waals surface area contributed by atoms with E-state index in [-0.39, 0.29) is 28.1 Å². The SMILES string of the molecule is COc1ccc(S(=O)(=O)Cc2ccc(-c3nc(-c4ccc(Cl)cc4)no3)o2)cc1OC. The van der Waals surface area contributed by atoms with Crippen LogP contribution < -0.4 is 9.47 Å². The van der Waals surface area contributed by atoms with Gasteiger partial charge in [0.05, 0.1) is 19.1 Å². The molecule has 2 aromatic heterocycles. The van der Waals surface area contributed by atoms with Gasteiger partial charge in [-0.3, -0.25) is 0 Å². The summed E-state index contributed by atoms with van der Waals surface area (Å²) in [5.74, 6) is 1.42. The zero-order valence-corrected chi connectivity index (χ0v) is 18.1. The molecule has 0 unspecified atom stereocenters. The zero-order valence-electron chi connectivity index (χ0n) is 16.5. The molecule has 0 atom stereocenters. The summed E-state index contributed by atoms with van der Waals surface area (Å²) < 4.78 is 46.9. The molecule has 4 aromatic rings. The molecule has 0 aliphatic heterocycles. The van der Waals surface area contributed by atoms with Crippen molar-refractivity contribution in [3.63, 3.8) is 0 Å². The minimum atomic E-state index is -3.69. The van der Waals surface area contributed by atoms with E-state index in [4.69, 9.17) is 30.0 Å². The molecule has 0 amide bonds. The molecule has 160 valence electrons. The highest BCUT2D eigenvalue weighted by atomic mass is 35.5. The van der Waals surface area contributed by atoms with E-state index in [1.165, 1.54) is 32.4 Å². The second-order valence-electron chi connectivity index (χ2n) is 6.47. The average molecular weight is 461 g/mol. The van der Waals surface area contributed by atoms with Gasteiger partial charge in [-0.05, 0) is 48.5 Å². The summed E-state index contributed by atoms with van der Waals surface area (Å²) in [5, 5.41) is 4.52. The fraction of sp³-hybridized carbons (Fsp3) is 0.143. The van der Waals surface area contributed by atoms with Gasteiger partial charge in [0, 0.05) is 16.7 Å². The Hall–Kier alpha value is -3.30. The van der Waals surface area contributed by atoms with E-state index in [0.29, 0.717) is 22.3 Å². The van der Waals surface area contributed by atoms with Crippen molar-refractivity contribution in [1.82, 2.24) is 10.1 Å². The van der Waals surface area contributed by atoms with Crippen LogP contribution in [0.4, 0.5) is 0 Å². The Bertz CT molecular complexity index is 1310. The van der Waals surface area contributed by atoms with Crippen molar-refractivity contribution < 1.29 is 26.8 Å². The van der Waals surface area contributed by atoms with Crippen molar-refractivity contribution in [2.45, 2.75) is 10.6 Å². The van der Waals surface area contributed by atoms with Crippen LogP contribution in [0.2, 0.25) is 5.02 Å². The van der Waals surface area contributed by atoms with Gasteiger partial charge in [-0.15, -0.1) is 0 Å². The molecule has 0 saturated carbocycles. The Balaban J connectivity index is 1.55. The van der Waals surface area contributed by atoms with Crippen molar-refractivity contribution in [1.29, 1.82) is 0 Å². The number of methoxy groups -OCH3 is 2. The molecule has 0 spiro atoms. The van der Waals surface area contributed by atoms with Crippen LogP contribution in [0.15, 0.2) is 68.4 Å². The molecular weight excluding hydrogens is 444 g/mol. The number of halogens is 1. The predicted octanol–water partition coefficient (Wildman–Crippen LogP) is 4.64. The van der Waals surface area contributed by atoms with Crippen LogP contribution in [0.5, 0.6) is 11.5 Å². The van der Waals surface area contributed by atoms with E-state index in [0.717, 1.165) is 5.56 Å². The smallest absolute Gasteiger partial charge is 0.293 e. The van der Waals surface area contributed by atoms with E-state index >= 15 is 0 Å². The monoisotopic (exact) mass is 460 g/mol. The lowest BCUT2D eigenvalue weighted by molar-refractivity contribution is 0.354. The summed E-state index contributed by atoms with van der Waals surface area (Å²) in [5.41, 5.74) is 0.724. The van der Waals surface area contributed by atoms with Gasteiger partial charge < -0.3 is 18.4 Å². The number of furan rings is 1. The minimum absolute atomic E-state index is 0.0888. The van der Waals surface area contributed by atoms with E-state index < -0.39 is 9.84 Å². The van der Waals surface area contributed by atoms with Gasteiger partial charge in [0.15, 0.2) is 27.1 Å². The molecule has 2 aromatic carbocycles. The molecule has 4 rings (SSSR count). The standard InChI is InChI=1S/C21H17ClN2O6S/c1-27-17-10-8-16(11-19(17)28-2)31(25,26)12-15-7-9-18(29-15)21-23-20(24-30-21)13-3-5-14(22)6-4-13/h3-11H,12H2,1-2H3. The Morgan fingerprint density at radius 2 is 1.71 bits per heavy atom. The molecule has 0 N–H and O–H groups in total. The normalized spacial score (nSPS) is 11.5. The van der Waals surface area contributed by atoms with Crippen LogP contribution in [0.1, 0.15) is 5.76 Å². The Morgan fingerprint density at radius 1 is 0.968 bits per heavy atom. The average Bonchev–Trinajstić information content (AvgIpc) is 3.43. The van der Waals surface area contributed by atoms with Gasteiger partial charge in [0.25, 0.3) is 5.89 Å². The summed E-state index contributed by atoms with van der Waals surface area (Å²) >= 11 is 5.89. The van der Waals surface area contributed by atoms with E-state index in [1.807, 2.05) is 0 Å². The third-order valence-electron chi connectivity index (χ3n) is 4.45. The Morgan fingerprint density at radius 3 is 2.42 bits per heavy atom. The van der Waals surface area contributed by atoms with Crippen molar-refractivity contribution in [3.8, 4) is 34.5 Å². The highest BCUT2D eigenvalue weighted by Crippen LogP contribution is 2.31. The largest absolute Gasteiger partial charge is 0.493 e. The molecule has 0 fully saturated rings. The van der Waals surface area contributed by atoms with Crippen LogP contribution in [-0.4, -0.2) is 32.8 Å². The van der Waals surface area contributed by atoms with Gasteiger partial charge in [0.1, 0.15) is 11.5 Å². The molecule has 0 saturated heterocycles. The molecule has 10 heteroatoms. The van der Waals surface area contributed by atoms with Gasteiger partial charge in [-0.25, -0.2) is 8.42 Å². The molecular formula is C21H17ClN2O6S. The van der Waals surface area contributed by atoms with Gasteiger partial charge >= 0.3 is 0 Å². The van der Waals surface area contributed by atoms with Crippen molar-refractivity contribution in [3.05, 3.63) is 65.4 Å². The maximum absolute atomic E-state index is 12.8. The first-order valence-electron chi connectivity index (χ1n) is 9.03. The Labute approximate surface area is 183 Å². The maximum Gasteiger partial charge on any atom is 0.293 e. The third-order valence-corrected chi connectivity index (χ3v) is 6.34. The van der Waals surface area contributed by atoms with Crippen LogP contribution >= 0.6 is 11.6 Å². The highest BCUT2D eigenvalue weighted by molar-refractivity contribution is 7.90. The van der Waals surface area contributed by atoms with E-state index in [2.05, 4.69) is 10.1 Å². The lowest BCUT2D eigenvalue weighted by atomic mass is 10.2. The molecule has 0 radical (unpaired) electrons. The molecule has 0 aliphatic carbocycles. The van der Waals surface area contributed by atoms with Crippen LogP contribution in [0.25, 0.3) is 23.0 Å². The maximum atomic E-state index is 12.8. The summed E-state index contributed by atoms with van der Waals surface area (Å²) in [7, 11) is -0.771.